The van der Waals surface area contributed by atoms with Gasteiger partial charge in [0.05, 0.1) is 12.1 Å². The molecule has 0 radical (unpaired) electrons. The second-order valence-electron chi connectivity index (χ2n) is 3.70. The number of rotatable bonds is 2. The van der Waals surface area contributed by atoms with Crippen molar-refractivity contribution in [3.63, 3.8) is 0 Å². The molecule has 2 heterocycles. The molecule has 0 amide bonds. The Morgan fingerprint density at radius 1 is 1.44 bits per heavy atom. The van der Waals surface area contributed by atoms with E-state index >= 15 is 0 Å². The predicted molar refractivity (Wildman–Crippen MR) is 54.1 cm³/mol. The highest BCUT2D eigenvalue weighted by Gasteiger charge is 2.23. The number of hydrogen-bond donors (Lipinski definition) is 2. The Hall–Kier alpha value is -2.02. The van der Waals surface area contributed by atoms with Gasteiger partial charge in [0, 0.05) is 6.04 Å². The normalized spacial score (nSPS) is 24.1. The minimum Gasteiger partial charge on any atom is -0.338 e. The summed E-state index contributed by atoms with van der Waals surface area (Å²) in [7, 11) is 0. The van der Waals surface area contributed by atoms with Gasteiger partial charge in [0.2, 0.25) is 11.7 Å². The summed E-state index contributed by atoms with van der Waals surface area (Å²) in [5.41, 5.74) is 6.33. The third-order valence-corrected chi connectivity index (χ3v) is 2.52. The molecule has 7 heteroatoms. The first-order valence-corrected chi connectivity index (χ1v) is 4.96. The molecular formula is C9H10N6O. The van der Waals surface area contributed by atoms with Crippen molar-refractivity contribution in [1.29, 1.82) is 0 Å². The molecule has 2 aromatic rings. The van der Waals surface area contributed by atoms with Gasteiger partial charge in [-0.25, -0.2) is 0 Å². The zero-order valence-electron chi connectivity index (χ0n) is 8.37. The SMILES string of the molecule is NC1C=CC(c2nc(-c3cn[nH]n3)no2)C1. The lowest BCUT2D eigenvalue weighted by Crippen LogP contribution is -2.14. The van der Waals surface area contributed by atoms with Crippen LogP contribution in [0.5, 0.6) is 0 Å². The summed E-state index contributed by atoms with van der Waals surface area (Å²) in [4.78, 5) is 4.26. The minimum atomic E-state index is 0.0763. The molecule has 2 aromatic heterocycles. The molecule has 1 aliphatic rings. The van der Waals surface area contributed by atoms with Gasteiger partial charge in [-0.05, 0) is 6.42 Å². The van der Waals surface area contributed by atoms with Crippen LogP contribution in [0.2, 0.25) is 0 Å². The number of H-pyrrole nitrogens is 1. The molecule has 0 aliphatic heterocycles. The van der Waals surface area contributed by atoms with E-state index in [0.717, 1.165) is 6.42 Å². The van der Waals surface area contributed by atoms with Gasteiger partial charge in [-0.3, -0.25) is 0 Å². The molecular weight excluding hydrogens is 208 g/mol. The maximum atomic E-state index is 5.76. The number of nitrogens with one attached hydrogen (secondary N) is 1. The van der Waals surface area contributed by atoms with Crippen molar-refractivity contribution in [2.45, 2.75) is 18.4 Å². The summed E-state index contributed by atoms with van der Waals surface area (Å²) < 4.78 is 5.17. The molecule has 0 bridgehead atoms. The van der Waals surface area contributed by atoms with Crippen LogP contribution in [-0.4, -0.2) is 31.6 Å². The van der Waals surface area contributed by atoms with Gasteiger partial charge in [-0.15, -0.1) is 0 Å². The van der Waals surface area contributed by atoms with Gasteiger partial charge in [0.15, 0.2) is 5.69 Å². The van der Waals surface area contributed by atoms with Crippen molar-refractivity contribution >= 4 is 0 Å². The molecule has 1 aliphatic carbocycles. The highest BCUT2D eigenvalue weighted by molar-refractivity contribution is 5.45. The van der Waals surface area contributed by atoms with Crippen LogP contribution in [0.3, 0.4) is 0 Å². The second kappa shape index (κ2) is 3.53. The van der Waals surface area contributed by atoms with E-state index in [1.54, 1.807) is 6.20 Å². The summed E-state index contributed by atoms with van der Waals surface area (Å²) in [5.74, 6) is 1.13. The lowest BCUT2D eigenvalue weighted by molar-refractivity contribution is 0.364. The van der Waals surface area contributed by atoms with Crippen molar-refractivity contribution in [3.8, 4) is 11.5 Å². The predicted octanol–water partition coefficient (Wildman–Crippen LogP) is 0.225. The molecule has 0 saturated heterocycles. The maximum absolute atomic E-state index is 5.76. The van der Waals surface area contributed by atoms with Crippen molar-refractivity contribution < 1.29 is 4.52 Å². The van der Waals surface area contributed by atoms with Crippen LogP contribution in [0.4, 0.5) is 0 Å². The minimum absolute atomic E-state index is 0.0763. The summed E-state index contributed by atoms with van der Waals surface area (Å²) in [6, 6.07) is 0.0763. The third kappa shape index (κ3) is 1.50. The zero-order valence-corrected chi connectivity index (χ0v) is 8.37. The number of nitrogens with zero attached hydrogens (tertiary/aromatic N) is 4. The second-order valence-corrected chi connectivity index (χ2v) is 3.70. The Morgan fingerprint density at radius 2 is 2.38 bits per heavy atom. The first-order valence-electron chi connectivity index (χ1n) is 4.96. The van der Waals surface area contributed by atoms with E-state index in [4.69, 9.17) is 10.3 Å². The molecule has 2 atom stereocenters. The molecule has 3 N–H and O–H groups in total. The van der Waals surface area contributed by atoms with Gasteiger partial charge >= 0.3 is 0 Å². The van der Waals surface area contributed by atoms with Crippen LogP contribution in [-0.2, 0) is 0 Å². The lowest BCUT2D eigenvalue weighted by atomic mass is 10.1. The molecule has 0 saturated carbocycles. The quantitative estimate of drug-likeness (QED) is 0.698. The van der Waals surface area contributed by atoms with Crippen LogP contribution in [0.15, 0.2) is 22.9 Å². The first-order chi connectivity index (χ1) is 7.83. The number of nitrogens with two attached hydrogens (primary N) is 1. The summed E-state index contributed by atoms with van der Waals surface area (Å²) in [6.07, 6.45) is 6.29. The van der Waals surface area contributed by atoms with E-state index in [1.165, 1.54) is 0 Å². The first kappa shape index (κ1) is 9.22. The van der Waals surface area contributed by atoms with Gasteiger partial charge in [-0.1, -0.05) is 17.3 Å². The number of allylic oxidation sites excluding steroid dienone is 1. The fraction of sp³-hybridized carbons (Fsp3) is 0.333. The van der Waals surface area contributed by atoms with Crippen LogP contribution in [0.25, 0.3) is 11.5 Å². The molecule has 2 unspecified atom stereocenters. The van der Waals surface area contributed by atoms with Crippen molar-refractivity contribution in [1.82, 2.24) is 25.6 Å². The van der Waals surface area contributed by atoms with Gasteiger partial charge < -0.3 is 10.3 Å². The fourth-order valence-corrected chi connectivity index (χ4v) is 1.71. The van der Waals surface area contributed by atoms with Crippen LogP contribution in [0, 0.1) is 0 Å². The maximum Gasteiger partial charge on any atom is 0.234 e. The highest BCUT2D eigenvalue weighted by atomic mass is 16.5. The Bertz CT molecular complexity index is 502. The number of aromatic nitrogens is 5. The van der Waals surface area contributed by atoms with Gasteiger partial charge in [0.25, 0.3) is 0 Å². The van der Waals surface area contributed by atoms with Crippen LogP contribution >= 0.6 is 0 Å². The highest BCUT2D eigenvalue weighted by Crippen LogP contribution is 2.27. The Balaban J connectivity index is 1.86. The van der Waals surface area contributed by atoms with Crippen molar-refractivity contribution in [3.05, 3.63) is 24.2 Å². The van der Waals surface area contributed by atoms with E-state index in [2.05, 4.69) is 25.6 Å². The van der Waals surface area contributed by atoms with Crippen LogP contribution < -0.4 is 5.73 Å². The summed E-state index contributed by atoms with van der Waals surface area (Å²) >= 11 is 0. The number of aromatic amines is 1. The molecule has 0 spiro atoms. The molecule has 7 nitrogen and oxygen atoms in total. The van der Waals surface area contributed by atoms with Gasteiger partial charge in [0.1, 0.15) is 0 Å². The Morgan fingerprint density at radius 3 is 3.06 bits per heavy atom. The average Bonchev–Trinajstić information content (AvgIpc) is 2.97. The van der Waals surface area contributed by atoms with Crippen LogP contribution in [0.1, 0.15) is 18.2 Å². The third-order valence-electron chi connectivity index (χ3n) is 2.52. The van der Waals surface area contributed by atoms with E-state index < -0.39 is 0 Å². The van der Waals surface area contributed by atoms with E-state index in [0.29, 0.717) is 17.4 Å². The molecule has 82 valence electrons. The number of hydrogen-bond acceptors (Lipinski definition) is 6. The standard InChI is InChI=1S/C9H10N6O/c10-6-2-1-5(3-6)9-12-8(14-16-9)7-4-11-15-13-7/h1-2,4-6H,3,10H2,(H,11,13,15). The van der Waals surface area contributed by atoms with Gasteiger partial charge in [-0.2, -0.15) is 20.4 Å². The molecule has 3 rings (SSSR count). The smallest absolute Gasteiger partial charge is 0.234 e. The molecule has 0 aromatic carbocycles. The molecule has 0 fully saturated rings. The largest absolute Gasteiger partial charge is 0.338 e. The Kier molecular flexibility index (Phi) is 2.03. The van der Waals surface area contributed by atoms with Crippen molar-refractivity contribution in [2.75, 3.05) is 0 Å². The summed E-state index contributed by atoms with van der Waals surface area (Å²) in [5, 5.41) is 13.9. The van der Waals surface area contributed by atoms with Crippen molar-refractivity contribution in [2.24, 2.45) is 5.73 Å². The van der Waals surface area contributed by atoms with E-state index in [-0.39, 0.29) is 12.0 Å². The fourth-order valence-electron chi connectivity index (χ4n) is 1.71. The monoisotopic (exact) mass is 218 g/mol. The topological polar surface area (TPSA) is 107 Å². The zero-order chi connectivity index (χ0) is 11.0. The van der Waals surface area contributed by atoms with E-state index in [1.807, 2.05) is 12.2 Å². The molecule has 16 heavy (non-hydrogen) atoms. The average molecular weight is 218 g/mol. The summed E-state index contributed by atoms with van der Waals surface area (Å²) in [6.45, 7) is 0. The van der Waals surface area contributed by atoms with E-state index in [9.17, 15) is 0 Å². The lowest BCUT2D eigenvalue weighted by Gasteiger charge is -2.01. The Labute approximate surface area is 90.7 Å².